The molecule has 15 heavy (non-hydrogen) atoms. The number of benzene rings is 1. The highest BCUT2D eigenvalue weighted by atomic mass is 16.5. The minimum atomic E-state index is -0.223. The summed E-state index contributed by atoms with van der Waals surface area (Å²) < 4.78 is 5.15. The van der Waals surface area contributed by atoms with Crippen LogP contribution in [0.15, 0.2) is 24.3 Å². The van der Waals surface area contributed by atoms with Crippen molar-refractivity contribution in [3.8, 4) is 0 Å². The van der Waals surface area contributed by atoms with Gasteiger partial charge in [0.2, 0.25) is 0 Å². The standard InChI is InChI=1S/C13H18O2/c1-10(2)7-8-15-13(14)12-6-4-5-11(3)9-12/h4-6,9-10H,7-8H2,1-3H3. The van der Waals surface area contributed by atoms with Crippen molar-refractivity contribution in [1.82, 2.24) is 0 Å². The van der Waals surface area contributed by atoms with Gasteiger partial charge in [0, 0.05) is 0 Å². The highest BCUT2D eigenvalue weighted by Gasteiger charge is 2.06. The van der Waals surface area contributed by atoms with E-state index < -0.39 is 0 Å². The molecule has 0 aliphatic rings. The number of rotatable bonds is 4. The number of ether oxygens (including phenoxy) is 1. The van der Waals surface area contributed by atoms with Crippen LogP contribution in [-0.4, -0.2) is 12.6 Å². The molecule has 0 heterocycles. The zero-order valence-corrected chi connectivity index (χ0v) is 9.62. The third-order valence-electron chi connectivity index (χ3n) is 2.18. The van der Waals surface area contributed by atoms with Gasteiger partial charge in [0.1, 0.15) is 0 Å². The van der Waals surface area contributed by atoms with E-state index in [0.717, 1.165) is 12.0 Å². The molecule has 0 aromatic heterocycles. The van der Waals surface area contributed by atoms with Crippen molar-refractivity contribution in [2.24, 2.45) is 5.92 Å². The van der Waals surface area contributed by atoms with Gasteiger partial charge in [-0.15, -0.1) is 0 Å². The Balaban J connectivity index is 2.47. The van der Waals surface area contributed by atoms with Crippen molar-refractivity contribution in [2.45, 2.75) is 27.2 Å². The zero-order valence-electron chi connectivity index (χ0n) is 9.62. The predicted octanol–water partition coefficient (Wildman–Crippen LogP) is 3.20. The SMILES string of the molecule is Cc1cccc(C(=O)OCCC(C)C)c1. The third kappa shape index (κ3) is 4.15. The average Bonchev–Trinajstić information content (AvgIpc) is 2.17. The Morgan fingerprint density at radius 1 is 1.40 bits per heavy atom. The van der Waals surface area contributed by atoms with Crippen LogP contribution in [-0.2, 0) is 4.74 Å². The summed E-state index contributed by atoms with van der Waals surface area (Å²) in [6.07, 6.45) is 0.914. The van der Waals surface area contributed by atoms with E-state index in [-0.39, 0.29) is 5.97 Å². The molecule has 0 fully saturated rings. The van der Waals surface area contributed by atoms with Crippen molar-refractivity contribution >= 4 is 5.97 Å². The van der Waals surface area contributed by atoms with Gasteiger partial charge in [-0.2, -0.15) is 0 Å². The Kier molecular flexibility index (Phi) is 4.35. The van der Waals surface area contributed by atoms with Crippen LogP contribution in [0, 0.1) is 12.8 Å². The molecule has 0 radical (unpaired) electrons. The smallest absolute Gasteiger partial charge is 0.338 e. The van der Waals surface area contributed by atoms with Gasteiger partial charge in [0.25, 0.3) is 0 Å². The molecule has 0 saturated carbocycles. The topological polar surface area (TPSA) is 26.3 Å². The van der Waals surface area contributed by atoms with Gasteiger partial charge in [0.05, 0.1) is 12.2 Å². The van der Waals surface area contributed by atoms with Crippen molar-refractivity contribution in [3.05, 3.63) is 35.4 Å². The van der Waals surface area contributed by atoms with E-state index in [4.69, 9.17) is 4.74 Å². The monoisotopic (exact) mass is 206 g/mol. The second-order valence-electron chi connectivity index (χ2n) is 4.19. The normalized spacial score (nSPS) is 10.4. The van der Waals surface area contributed by atoms with E-state index in [1.165, 1.54) is 0 Å². The molecule has 0 amide bonds. The molecule has 0 saturated heterocycles. The van der Waals surface area contributed by atoms with Crippen molar-refractivity contribution in [3.63, 3.8) is 0 Å². The lowest BCUT2D eigenvalue weighted by Crippen LogP contribution is -2.08. The number of hydrogen-bond acceptors (Lipinski definition) is 2. The summed E-state index contributed by atoms with van der Waals surface area (Å²) in [6.45, 7) is 6.69. The molecule has 1 aromatic carbocycles. The van der Waals surface area contributed by atoms with Crippen LogP contribution >= 0.6 is 0 Å². The van der Waals surface area contributed by atoms with Gasteiger partial charge in [-0.25, -0.2) is 4.79 Å². The molecule has 0 aliphatic heterocycles. The predicted molar refractivity (Wildman–Crippen MR) is 60.9 cm³/mol. The highest BCUT2D eigenvalue weighted by molar-refractivity contribution is 5.89. The quantitative estimate of drug-likeness (QED) is 0.707. The Morgan fingerprint density at radius 3 is 2.73 bits per heavy atom. The summed E-state index contributed by atoms with van der Waals surface area (Å²) >= 11 is 0. The minimum Gasteiger partial charge on any atom is -0.462 e. The molecule has 82 valence electrons. The molecule has 0 N–H and O–H groups in total. The third-order valence-corrected chi connectivity index (χ3v) is 2.18. The number of hydrogen-bond donors (Lipinski definition) is 0. The van der Waals surface area contributed by atoms with Crippen LogP contribution < -0.4 is 0 Å². The van der Waals surface area contributed by atoms with Crippen molar-refractivity contribution < 1.29 is 9.53 Å². The van der Waals surface area contributed by atoms with Crippen LogP contribution in [0.5, 0.6) is 0 Å². The first-order valence-corrected chi connectivity index (χ1v) is 5.33. The first-order chi connectivity index (χ1) is 7.09. The van der Waals surface area contributed by atoms with E-state index in [0.29, 0.717) is 18.1 Å². The van der Waals surface area contributed by atoms with Crippen LogP contribution in [0.4, 0.5) is 0 Å². The average molecular weight is 206 g/mol. The minimum absolute atomic E-state index is 0.223. The van der Waals surface area contributed by atoms with Crippen LogP contribution in [0.1, 0.15) is 36.2 Å². The summed E-state index contributed by atoms with van der Waals surface area (Å²) in [5, 5.41) is 0. The van der Waals surface area contributed by atoms with E-state index in [1.54, 1.807) is 6.07 Å². The Bertz CT molecular complexity index is 329. The maximum atomic E-state index is 11.6. The number of esters is 1. The molecule has 0 spiro atoms. The molecular formula is C13H18O2. The van der Waals surface area contributed by atoms with Gasteiger partial charge >= 0.3 is 5.97 Å². The molecule has 0 unspecified atom stereocenters. The molecule has 0 aliphatic carbocycles. The van der Waals surface area contributed by atoms with E-state index in [9.17, 15) is 4.79 Å². The summed E-state index contributed by atoms with van der Waals surface area (Å²) in [5.41, 5.74) is 1.71. The molecule has 0 bridgehead atoms. The fourth-order valence-corrected chi connectivity index (χ4v) is 1.24. The van der Waals surface area contributed by atoms with Crippen LogP contribution in [0.2, 0.25) is 0 Å². The number of aryl methyl sites for hydroxylation is 1. The Morgan fingerprint density at radius 2 is 2.13 bits per heavy atom. The van der Waals surface area contributed by atoms with E-state index >= 15 is 0 Å². The Hall–Kier alpha value is -1.31. The molecule has 1 rings (SSSR count). The van der Waals surface area contributed by atoms with E-state index in [1.807, 2.05) is 25.1 Å². The largest absolute Gasteiger partial charge is 0.462 e. The Labute approximate surface area is 91.3 Å². The van der Waals surface area contributed by atoms with Gasteiger partial charge < -0.3 is 4.74 Å². The lowest BCUT2D eigenvalue weighted by atomic mass is 10.1. The fourth-order valence-electron chi connectivity index (χ4n) is 1.24. The second kappa shape index (κ2) is 5.54. The summed E-state index contributed by atoms with van der Waals surface area (Å²) in [6, 6.07) is 7.46. The lowest BCUT2D eigenvalue weighted by Gasteiger charge is -2.06. The van der Waals surface area contributed by atoms with Gasteiger partial charge in [-0.1, -0.05) is 31.5 Å². The maximum Gasteiger partial charge on any atom is 0.338 e. The first-order valence-electron chi connectivity index (χ1n) is 5.33. The summed E-state index contributed by atoms with van der Waals surface area (Å²) in [5.74, 6) is 0.342. The van der Waals surface area contributed by atoms with Gasteiger partial charge in [0.15, 0.2) is 0 Å². The molecule has 2 nitrogen and oxygen atoms in total. The molecular weight excluding hydrogens is 188 g/mol. The summed E-state index contributed by atoms with van der Waals surface area (Å²) in [7, 11) is 0. The fraction of sp³-hybridized carbons (Fsp3) is 0.462. The van der Waals surface area contributed by atoms with Crippen molar-refractivity contribution in [1.29, 1.82) is 0 Å². The number of carbonyl (C=O) groups is 1. The van der Waals surface area contributed by atoms with Crippen molar-refractivity contribution in [2.75, 3.05) is 6.61 Å². The molecule has 0 atom stereocenters. The second-order valence-corrected chi connectivity index (χ2v) is 4.19. The van der Waals surface area contributed by atoms with Crippen LogP contribution in [0.3, 0.4) is 0 Å². The zero-order chi connectivity index (χ0) is 11.3. The van der Waals surface area contributed by atoms with Crippen LogP contribution in [0.25, 0.3) is 0 Å². The lowest BCUT2D eigenvalue weighted by molar-refractivity contribution is 0.0488. The van der Waals surface area contributed by atoms with Gasteiger partial charge in [-0.3, -0.25) is 0 Å². The molecule has 2 heteroatoms. The maximum absolute atomic E-state index is 11.6. The van der Waals surface area contributed by atoms with Gasteiger partial charge in [-0.05, 0) is 31.4 Å². The number of carbonyl (C=O) groups excluding carboxylic acids is 1. The molecule has 1 aromatic rings. The first kappa shape index (κ1) is 11.8. The highest BCUT2D eigenvalue weighted by Crippen LogP contribution is 2.07. The summed E-state index contributed by atoms with van der Waals surface area (Å²) in [4.78, 5) is 11.6. The van der Waals surface area contributed by atoms with E-state index in [2.05, 4.69) is 13.8 Å².